The summed E-state index contributed by atoms with van der Waals surface area (Å²) in [6, 6.07) is 2.11. The zero-order valence-corrected chi connectivity index (χ0v) is 12.9. The van der Waals surface area contributed by atoms with Crippen LogP contribution < -0.4 is 5.43 Å². The van der Waals surface area contributed by atoms with Crippen LogP contribution in [-0.4, -0.2) is 31.9 Å². The van der Waals surface area contributed by atoms with Crippen LogP contribution in [0.5, 0.6) is 0 Å². The molecule has 3 heterocycles. The molecule has 1 fully saturated rings. The van der Waals surface area contributed by atoms with E-state index >= 15 is 0 Å². The van der Waals surface area contributed by atoms with Crippen LogP contribution in [0.25, 0.3) is 11.0 Å². The summed E-state index contributed by atoms with van der Waals surface area (Å²) in [5, 5.41) is 2.58. The number of rotatable bonds is 3. The van der Waals surface area contributed by atoms with Crippen LogP contribution in [0, 0.1) is 5.92 Å². The van der Waals surface area contributed by atoms with Gasteiger partial charge in [-0.3, -0.25) is 15.2 Å². The molecule has 106 valence electrons. The Kier molecular flexibility index (Phi) is 3.37. The SMILES string of the molecule is CC(C)C1CCC(=O)N1Nc1ncnc2[nH]c(Br)cc12. The van der Waals surface area contributed by atoms with Crippen molar-refractivity contribution in [3.8, 4) is 0 Å². The first-order valence-electron chi connectivity index (χ1n) is 6.64. The van der Waals surface area contributed by atoms with Gasteiger partial charge in [-0.05, 0) is 34.3 Å². The van der Waals surface area contributed by atoms with Crippen LogP contribution in [0.3, 0.4) is 0 Å². The van der Waals surface area contributed by atoms with E-state index in [0.29, 0.717) is 18.2 Å². The van der Waals surface area contributed by atoms with Gasteiger partial charge in [-0.1, -0.05) is 13.8 Å². The fraction of sp³-hybridized carbons (Fsp3) is 0.462. The predicted octanol–water partition coefficient (Wildman–Crippen LogP) is 2.69. The fourth-order valence-electron chi connectivity index (χ4n) is 2.59. The molecular weight excluding hydrogens is 322 g/mol. The molecule has 0 aliphatic carbocycles. The Hall–Kier alpha value is -1.63. The number of carbonyl (C=O) groups excluding carboxylic acids is 1. The number of nitrogens with zero attached hydrogens (tertiary/aromatic N) is 3. The van der Waals surface area contributed by atoms with Crippen molar-refractivity contribution in [3.63, 3.8) is 0 Å². The number of amides is 1. The van der Waals surface area contributed by atoms with Crippen LogP contribution in [0.15, 0.2) is 17.0 Å². The van der Waals surface area contributed by atoms with E-state index in [0.717, 1.165) is 22.1 Å². The molecule has 2 aromatic heterocycles. The lowest BCUT2D eigenvalue weighted by atomic mass is 10.0. The largest absolute Gasteiger partial charge is 0.334 e. The van der Waals surface area contributed by atoms with Crippen LogP contribution in [0.2, 0.25) is 0 Å². The van der Waals surface area contributed by atoms with Gasteiger partial charge in [0.1, 0.15) is 12.0 Å². The predicted molar refractivity (Wildman–Crippen MR) is 79.9 cm³/mol. The van der Waals surface area contributed by atoms with E-state index < -0.39 is 0 Å². The molecule has 7 heteroatoms. The molecule has 1 atom stereocenters. The molecule has 6 nitrogen and oxygen atoms in total. The molecular formula is C13H16BrN5O. The van der Waals surface area contributed by atoms with Gasteiger partial charge in [0.2, 0.25) is 5.91 Å². The minimum atomic E-state index is 0.116. The summed E-state index contributed by atoms with van der Waals surface area (Å²) in [5.74, 6) is 1.17. The van der Waals surface area contributed by atoms with Gasteiger partial charge < -0.3 is 4.98 Å². The Balaban J connectivity index is 1.94. The van der Waals surface area contributed by atoms with Crippen molar-refractivity contribution in [2.75, 3.05) is 5.43 Å². The van der Waals surface area contributed by atoms with Gasteiger partial charge in [-0.25, -0.2) is 9.97 Å². The number of aromatic nitrogens is 3. The minimum absolute atomic E-state index is 0.116. The lowest BCUT2D eigenvalue weighted by molar-refractivity contribution is -0.128. The maximum Gasteiger partial charge on any atom is 0.241 e. The number of carbonyl (C=O) groups is 1. The van der Waals surface area contributed by atoms with E-state index in [9.17, 15) is 4.79 Å². The van der Waals surface area contributed by atoms with Crippen molar-refractivity contribution in [2.24, 2.45) is 5.92 Å². The molecule has 0 aromatic carbocycles. The fourth-order valence-corrected chi connectivity index (χ4v) is 3.01. The number of fused-ring (bicyclic) bond motifs is 1. The molecule has 2 N–H and O–H groups in total. The van der Waals surface area contributed by atoms with Gasteiger partial charge >= 0.3 is 0 Å². The zero-order chi connectivity index (χ0) is 14.3. The quantitative estimate of drug-likeness (QED) is 0.902. The van der Waals surface area contributed by atoms with Crippen molar-refractivity contribution < 1.29 is 4.79 Å². The number of nitrogens with one attached hydrogen (secondary N) is 2. The van der Waals surface area contributed by atoms with E-state index in [1.54, 1.807) is 5.01 Å². The van der Waals surface area contributed by atoms with Crippen molar-refractivity contribution in [1.29, 1.82) is 0 Å². The second-order valence-corrected chi connectivity index (χ2v) is 6.18. The minimum Gasteiger partial charge on any atom is -0.334 e. The average Bonchev–Trinajstić information content (AvgIpc) is 2.93. The number of hydrazine groups is 1. The van der Waals surface area contributed by atoms with Crippen molar-refractivity contribution in [3.05, 3.63) is 17.0 Å². The Morgan fingerprint density at radius 2 is 2.30 bits per heavy atom. The highest BCUT2D eigenvalue weighted by Gasteiger charge is 2.33. The van der Waals surface area contributed by atoms with E-state index in [2.05, 4.69) is 50.2 Å². The van der Waals surface area contributed by atoms with Crippen LogP contribution in [-0.2, 0) is 4.79 Å². The highest BCUT2D eigenvalue weighted by Crippen LogP contribution is 2.28. The summed E-state index contributed by atoms with van der Waals surface area (Å²) in [4.78, 5) is 23.6. The first-order valence-corrected chi connectivity index (χ1v) is 7.43. The summed E-state index contributed by atoms with van der Waals surface area (Å²) in [6.07, 6.45) is 2.95. The first-order chi connectivity index (χ1) is 9.56. The second kappa shape index (κ2) is 5.05. The highest BCUT2D eigenvalue weighted by atomic mass is 79.9. The van der Waals surface area contributed by atoms with Gasteiger partial charge in [0.15, 0.2) is 5.82 Å². The maximum absolute atomic E-state index is 12.0. The molecule has 1 saturated heterocycles. The van der Waals surface area contributed by atoms with Crippen LogP contribution in [0.1, 0.15) is 26.7 Å². The number of H-pyrrole nitrogens is 1. The third-order valence-corrected chi connectivity index (χ3v) is 4.07. The average molecular weight is 338 g/mol. The molecule has 0 bridgehead atoms. The van der Waals surface area contributed by atoms with Gasteiger partial charge in [-0.2, -0.15) is 0 Å². The van der Waals surface area contributed by atoms with Crippen molar-refractivity contribution in [2.45, 2.75) is 32.7 Å². The number of hydrogen-bond acceptors (Lipinski definition) is 4. The Morgan fingerprint density at radius 3 is 3.05 bits per heavy atom. The number of anilines is 1. The van der Waals surface area contributed by atoms with Gasteiger partial charge in [0.25, 0.3) is 0 Å². The van der Waals surface area contributed by atoms with E-state index in [1.807, 2.05) is 6.07 Å². The van der Waals surface area contributed by atoms with Gasteiger partial charge in [-0.15, -0.1) is 0 Å². The topological polar surface area (TPSA) is 73.9 Å². The summed E-state index contributed by atoms with van der Waals surface area (Å²) < 4.78 is 0.837. The van der Waals surface area contributed by atoms with Gasteiger partial charge in [0.05, 0.1) is 16.0 Å². The zero-order valence-electron chi connectivity index (χ0n) is 11.4. The molecule has 2 aromatic rings. The van der Waals surface area contributed by atoms with Crippen LogP contribution in [0.4, 0.5) is 5.82 Å². The molecule has 1 aliphatic heterocycles. The number of halogens is 1. The molecule has 3 rings (SSSR count). The van der Waals surface area contributed by atoms with Crippen LogP contribution >= 0.6 is 15.9 Å². The smallest absolute Gasteiger partial charge is 0.241 e. The van der Waals surface area contributed by atoms with Gasteiger partial charge in [0, 0.05) is 6.42 Å². The first kappa shape index (κ1) is 13.4. The van der Waals surface area contributed by atoms with Crippen molar-refractivity contribution >= 4 is 38.7 Å². The van der Waals surface area contributed by atoms with Crippen molar-refractivity contribution in [1.82, 2.24) is 20.0 Å². The lowest BCUT2D eigenvalue weighted by Crippen LogP contribution is -2.41. The molecule has 0 spiro atoms. The molecule has 1 aliphatic rings. The summed E-state index contributed by atoms with van der Waals surface area (Å²) in [6.45, 7) is 4.25. The summed E-state index contributed by atoms with van der Waals surface area (Å²) >= 11 is 3.39. The number of aromatic amines is 1. The lowest BCUT2D eigenvalue weighted by Gasteiger charge is -2.28. The Labute approximate surface area is 125 Å². The maximum atomic E-state index is 12.0. The van der Waals surface area contributed by atoms with E-state index in [1.165, 1.54) is 6.33 Å². The van der Waals surface area contributed by atoms with E-state index in [-0.39, 0.29) is 11.9 Å². The summed E-state index contributed by atoms with van der Waals surface area (Å²) in [5.41, 5.74) is 3.91. The standard InChI is InChI=1S/C13H16BrN5O/c1-7(2)9-3-4-11(20)19(9)18-13-8-5-10(14)17-12(8)15-6-16-13/h5-7,9H,3-4H2,1-2H3,(H2,15,16,17,18). The Morgan fingerprint density at radius 1 is 1.50 bits per heavy atom. The molecule has 0 radical (unpaired) electrons. The van der Waals surface area contributed by atoms with E-state index in [4.69, 9.17) is 0 Å². The second-order valence-electron chi connectivity index (χ2n) is 5.33. The Bertz CT molecular complexity index is 653. The third-order valence-electron chi connectivity index (χ3n) is 3.64. The molecule has 1 unspecified atom stereocenters. The number of hydrogen-bond donors (Lipinski definition) is 2. The molecule has 20 heavy (non-hydrogen) atoms. The molecule has 0 saturated carbocycles. The summed E-state index contributed by atoms with van der Waals surface area (Å²) in [7, 11) is 0. The third kappa shape index (κ3) is 2.26. The highest BCUT2D eigenvalue weighted by molar-refractivity contribution is 9.10. The normalized spacial score (nSPS) is 19.3. The molecule has 1 amide bonds. The monoisotopic (exact) mass is 337 g/mol.